The molecule has 0 spiro atoms. The number of nitrogens with one attached hydrogen (secondary N) is 1. The second-order valence-corrected chi connectivity index (χ2v) is 6.15. The fourth-order valence-corrected chi connectivity index (χ4v) is 3.38. The molecule has 0 bridgehead atoms. The molecule has 0 fully saturated rings. The highest BCUT2D eigenvalue weighted by atomic mass is 19.3. The molecule has 25 heavy (non-hydrogen) atoms. The third-order valence-electron chi connectivity index (χ3n) is 4.80. The van der Waals surface area contributed by atoms with Crippen LogP contribution in [0.25, 0.3) is 0 Å². The maximum atomic E-state index is 13.2. The summed E-state index contributed by atoms with van der Waals surface area (Å²) in [5, 5.41) is 6.53. The standard InChI is InChI=1S/C18H21F2N3O2/c1-3-18(14-7-5-4-6-12(14)8-9-25-18)11-21-17(24)13-10-22-23(2)15(13)16(19)20/h4-7,10,16H,3,8-9,11H2,1-2H3,(H,21,24). The van der Waals surface area contributed by atoms with Crippen LogP contribution in [0, 0.1) is 0 Å². The van der Waals surface area contributed by atoms with E-state index in [1.54, 1.807) is 0 Å². The molecular weight excluding hydrogens is 328 g/mol. The minimum atomic E-state index is -2.76. The average molecular weight is 349 g/mol. The molecule has 0 saturated carbocycles. The van der Waals surface area contributed by atoms with Crippen molar-refractivity contribution in [3.05, 3.63) is 52.8 Å². The highest BCUT2D eigenvalue weighted by Gasteiger charge is 2.37. The van der Waals surface area contributed by atoms with E-state index < -0.39 is 17.9 Å². The maximum Gasteiger partial charge on any atom is 0.280 e. The zero-order valence-electron chi connectivity index (χ0n) is 14.3. The summed E-state index contributed by atoms with van der Waals surface area (Å²) < 4.78 is 33.4. The summed E-state index contributed by atoms with van der Waals surface area (Å²) in [4.78, 5) is 12.4. The number of benzene rings is 1. The first-order valence-electron chi connectivity index (χ1n) is 8.29. The Morgan fingerprint density at radius 1 is 1.44 bits per heavy atom. The molecular formula is C18H21F2N3O2. The van der Waals surface area contributed by atoms with Crippen molar-refractivity contribution in [2.24, 2.45) is 7.05 Å². The minimum absolute atomic E-state index is 0.104. The zero-order chi connectivity index (χ0) is 18.0. The lowest BCUT2D eigenvalue weighted by Gasteiger charge is -2.38. The number of carbonyl (C=O) groups excluding carboxylic acids is 1. The summed E-state index contributed by atoms with van der Waals surface area (Å²) in [6.07, 6.45) is -0.103. The van der Waals surface area contributed by atoms with Crippen LogP contribution in [0.2, 0.25) is 0 Å². The highest BCUT2D eigenvalue weighted by Crippen LogP contribution is 2.35. The van der Waals surface area contributed by atoms with Crippen molar-refractivity contribution in [3.8, 4) is 0 Å². The average Bonchev–Trinajstić information content (AvgIpc) is 3.01. The first-order chi connectivity index (χ1) is 12.0. The molecule has 2 aromatic rings. The van der Waals surface area contributed by atoms with Crippen LogP contribution >= 0.6 is 0 Å². The number of halogens is 2. The molecule has 1 aromatic heterocycles. The third kappa shape index (κ3) is 3.16. The fourth-order valence-electron chi connectivity index (χ4n) is 3.38. The Balaban J connectivity index is 1.82. The number of aromatic nitrogens is 2. The van der Waals surface area contributed by atoms with Gasteiger partial charge >= 0.3 is 0 Å². The second-order valence-electron chi connectivity index (χ2n) is 6.15. The van der Waals surface area contributed by atoms with Gasteiger partial charge in [-0.25, -0.2) is 8.78 Å². The predicted molar refractivity (Wildman–Crippen MR) is 88.6 cm³/mol. The molecule has 2 heterocycles. The van der Waals surface area contributed by atoms with Gasteiger partial charge in [-0.05, 0) is 24.0 Å². The Bertz CT molecular complexity index is 775. The highest BCUT2D eigenvalue weighted by molar-refractivity contribution is 5.95. The van der Waals surface area contributed by atoms with Crippen LogP contribution in [0.3, 0.4) is 0 Å². The molecule has 0 radical (unpaired) electrons. The Hall–Kier alpha value is -2.28. The number of nitrogens with zero attached hydrogens (tertiary/aromatic N) is 2. The summed E-state index contributed by atoms with van der Waals surface area (Å²) >= 11 is 0. The molecule has 1 aliphatic heterocycles. The van der Waals surface area contributed by atoms with E-state index in [1.807, 2.05) is 25.1 Å². The normalized spacial score (nSPS) is 19.7. The molecule has 3 rings (SSSR count). The zero-order valence-corrected chi connectivity index (χ0v) is 14.3. The van der Waals surface area contributed by atoms with Gasteiger partial charge in [0.2, 0.25) is 0 Å². The van der Waals surface area contributed by atoms with E-state index in [2.05, 4.69) is 16.5 Å². The van der Waals surface area contributed by atoms with E-state index in [0.717, 1.165) is 16.7 Å². The Morgan fingerprint density at radius 2 is 2.20 bits per heavy atom. The minimum Gasteiger partial charge on any atom is -0.368 e. The van der Waals surface area contributed by atoms with E-state index >= 15 is 0 Å². The Kier molecular flexibility index (Phi) is 4.85. The summed E-state index contributed by atoms with van der Waals surface area (Å²) in [5.41, 5.74) is 1.11. The van der Waals surface area contributed by atoms with Crippen molar-refractivity contribution in [1.29, 1.82) is 0 Å². The number of rotatable bonds is 5. The number of carbonyl (C=O) groups is 1. The molecule has 0 saturated heterocycles. The number of hydrogen-bond acceptors (Lipinski definition) is 3. The third-order valence-corrected chi connectivity index (χ3v) is 4.80. The van der Waals surface area contributed by atoms with Crippen molar-refractivity contribution in [1.82, 2.24) is 15.1 Å². The fraction of sp³-hybridized carbons (Fsp3) is 0.444. The topological polar surface area (TPSA) is 56.2 Å². The van der Waals surface area contributed by atoms with Crippen LogP contribution in [-0.2, 0) is 23.8 Å². The lowest BCUT2D eigenvalue weighted by atomic mass is 9.84. The summed E-state index contributed by atoms with van der Waals surface area (Å²) in [6, 6.07) is 7.97. The van der Waals surface area contributed by atoms with Gasteiger partial charge in [-0.1, -0.05) is 31.2 Å². The van der Waals surface area contributed by atoms with Crippen LogP contribution in [0.5, 0.6) is 0 Å². The molecule has 1 atom stereocenters. The van der Waals surface area contributed by atoms with Gasteiger partial charge in [0.15, 0.2) is 0 Å². The van der Waals surface area contributed by atoms with Crippen LogP contribution in [0.15, 0.2) is 30.5 Å². The van der Waals surface area contributed by atoms with E-state index in [-0.39, 0.29) is 17.8 Å². The molecule has 1 aromatic carbocycles. The van der Waals surface area contributed by atoms with Gasteiger partial charge in [0.05, 0.1) is 24.9 Å². The molecule has 1 N–H and O–H groups in total. The Labute approximate surface area is 145 Å². The lowest BCUT2D eigenvalue weighted by molar-refractivity contribution is -0.0606. The van der Waals surface area contributed by atoms with Crippen LogP contribution in [-0.4, -0.2) is 28.8 Å². The summed E-state index contributed by atoms with van der Waals surface area (Å²) in [7, 11) is 1.40. The molecule has 1 unspecified atom stereocenters. The van der Waals surface area contributed by atoms with E-state index in [1.165, 1.54) is 18.8 Å². The molecule has 7 heteroatoms. The number of ether oxygens (including phenoxy) is 1. The molecule has 0 aliphatic carbocycles. The van der Waals surface area contributed by atoms with Crippen LogP contribution in [0.1, 0.15) is 46.9 Å². The van der Waals surface area contributed by atoms with E-state index in [9.17, 15) is 13.6 Å². The van der Waals surface area contributed by atoms with Crippen molar-refractivity contribution in [2.45, 2.75) is 31.8 Å². The Morgan fingerprint density at radius 3 is 2.92 bits per heavy atom. The van der Waals surface area contributed by atoms with Gasteiger partial charge in [0.25, 0.3) is 12.3 Å². The number of fused-ring (bicyclic) bond motifs is 1. The van der Waals surface area contributed by atoms with Gasteiger partial charge in [-0.3, -0.25) is 9.48 Å². The second kappa shape index (κ2) is 6.92. The summed E-state index contributed by atoms with van der Waals surface area (Å²) in [6.45, 7) is 2.77. The molecule has 5 nitrogen and oxygen atoms in total. The van der Waals surface area contributed by atoms with Crippen molar-refractivity contribution in [3.63, 3.8) is 0 Å². The smallest absolute Gasteiger partial charge is 0.280 e. The maximum absolute atomic E-state index is 13.2. The largest absolute Gasteiger partial charge is 0.368 e. The quantitative estimate of drug-likeness (QED) is 0.903. The van der Waals surface area contributed by atoms with Gasteiger partial charge in [0, 0.05) is 7.05 Å². The first kappa shape index (κ1) is 17.5. The predicted octanol–water partition coefficient (Wildman–Crippen LogP) is 2.97. The monoisotopic (exact) mass is 349 g/mol. The van der Waals surface area contributed by atoms with Gasteiger partial charge in [-0.2, -0.15) is 5.10 Å². The molecule has 1 aliphatic rings. The van der Waals surface area contributed by atoms with Gasteiger partial charge in [-0.15, -0.1) is 0 Å². The summed E-state index contributed by atoms with van der Waals surface area (Å²) in [5.74, 6) is -0.567. The van der Waals surface area contributed by atoms with E-state index in [0.29, 0.717) is 13.0 Å². The van der Waals surface area contributed by atoms with E-state index in [4.69, 9.17) is 4.74 Å². The SMILES string of the molecule is CCC1(CNC(=O)c2cnn(C)c2C(F)F)OCCc2ccccc21. The van der Waals surface area contributed by atoms with Crippen LogP contribution < -0.4 is 5.32 Å². The number of alkyl halides is 2. The van der Waals surface area contributed by atoms with Crippen LogP contribution in [0.4, 0.5) is 8.78 Å². The van der Waals surface area contributed by atoms with Crippen molar-refractivity contribution >= 4 is 5.91 Å². The van der Waals surface area contributed by atoms with Crippen molar-refractivity contribution in [2.75, 3.05) is 13.2 Å². The van der Waals surface area contributed by atoms with Gasteiger partial charge < -0.3 is 10.1 Å². The van der Waals surface area contributed by atoms with Crippen molar-refractivity contribution < 1.29 is 18.3 Å². The first-order valence-corrected chi connectivity index (χ1v) is 8.29. The number of amides is 1. The lowest BCUT2D eigenvalue weighted by Crippen LogP contribution is -2.45. The number of aryl methyl sites for hydroxylation is 1. The number of hydrogen-bond donors (Lipinski definition) is 1. The molecule has 1 amide bonds. The van der Waals surface area contributed by atoms with Gasteiger partial charge in [0.1, 0.15) is 11.3 Å². The molecule has 134 valence electrons.